The van der Waals surface area contributed by atoms with Crippen LogP contribution < -0.4 is 4.74 Å². The lowest BCUT2D eigenvalue weighted by atomic mass is 10.1. The van der Waals surface area contributed by atoms with E-state index in [9.17, 15) is 0 Å². The summed E-state index contributed by atoms with van der Waals surface area (Å²) in [5.41, 5.74) is 3.86. The Bertz CT molecular complexity index is 1350. The number of ether oxygens (including phenoxy) is 1. The highest BCUT2D eigenvalue weighted by molar-refractivity contribution is 5.78. The molecule has 0 unspecified atom stereocenters. The number of rotatable bonds is 5. The van der Waals surface area contributed by atoms with Crippen molar-refractivity contribution >= 4 is 0 Å². The van der Waals surface area contributed by atoms with Crippen molar-refractivity contribution in [1.82, 2.24) is 24.9 Å². The molecule has 31 heavy (non-hydrogen) atoms. The number of nitrogens with zero attached hydrogens (tertiary/aromatic N) is 5. The molecule has 5 aromatic rings. The van der Waals surface area contributed by atoms with Gasteiger partial charge in [-0.05, 0) is 26.0 Å². The molecule has 0 saturated carbocycles. The zero-order chi connectivity index (χ0) is 21.4. The molecule has 8 heteroatoms. The monoisotopic (exact) mass is 413 g/mol. The van der Waals surface area contributed by atoms with E-state index >= 15 is 0 Å². The van der Waals surface area contributed by atoms with Crippen molar-refractivity contribution in [1.29, 1.82) is 0 Å². The lowest BCUT2D eigenvalue weighted by Crippen LogP contribution is -1.97. The van der Waals surface area contributed by atoms with Crippen LogP contribution >= 0.6 is 0 Å². The summed E-state index contributed by atoms with van der Waals surface area (Å²) in [7, 11) is 1.61. The normalized spacial score (nSPS) is 11.1. The van der Waals surface area contributed by atoms with Gasteiger partial charge in [0.05, 0.1) is 18.4 Å². The fraction of sp³-hybridized carbons (Fsp3) is 0.130. The van der Waals surface area contributed by atoms with Gasteiger partial charge in [-0.1, -0.05) is 35.5 Å². The highest BCUT2D eigenvalue weighted by Gasteiger charge is 2.23. The second-order valence-electron chi connectivity index (χ2n) is 6.97. The Balaban J connectivity index is 1.55. The second kappa shape index (κ2) is 7.56. The van der Waals surface area contributed by atoms with Crippen molar-refractivity contribution in [2.75, 3.05) is 7.11 Å². The van der Waals surface area contributed by atoms with E-state index in [1.54, 1.807) is 13.3 Å². The number of imidazole rings is 1. The van der Waals surface area contributed by atoms with Gasteiger partial charge in [0.15, 0.2) is 0 Å². The van der Waals surface area contributed by atoms with E-state index < -0.39 is 0 Å². The van der Waals surface area contributed by atoms with Crippen LogP contribution in [0.4, 0.5) is 0 Å². The smallest absolute Gasteiger partial charge is 0.254 e. The van der Waals surface area contributed by atoms with Crippen LogP contribution in [0.1, 0.15) is 11.6 Å². The molecule has 0 spiro atoms. The van der Waals surface area contributed by atoms with E-state index in [1.165, 1.54) is 0 Å². The predicted octanol–water partition coefficient (Wildman–Crippen LogP) is 4.87. The first-order valence-electron chi connectivity index (χ1n) is 9.70. The van der Waals surface area contributed by atoms with Gasteiger partial charge in [-0.2, -0.15) is 0 Å². The van der Waals surface area contributed by atoms with Gasteiger partial charge in [0, 0.05) is 24.0 Å². The molecule has 8 nitrogen and oxygen atoms in total. The first kappa shape index (κ1) is 18.8. The van der Waals surface area contributed by atoms with Crippen LogP contribution in [0.15, 0.2) is 69.9 Å². The van der Waals surface area contributed by atoms with Crippen LogP contribution in [-0.2, 0) is 0 Å². The molecule has 2 aromatic carbocycles. The van der Waals surface area contributed by atoms with Gasteiger partial charge in [0.1, 0.15) is 28.6 Å². The van der Waals surface area contributed by atoms with Gasteiger partial charge >= 0.3 is 0 Å². The maximum absolute atomic E-state index is 6.03. The highest BCUT2D eigenvalue weighted by atomic mass is 16.5. The Kier molecular flexibility index (Phi) is 4.59. The summed E-state index contributed by atoms with van der Waals surface area (Å²) in [4.78, 5) is 4.27. The van der Waals surface area contributed by atoms with Crippen molar-refractivity contribution in [3.8, 4) is 45.6 Å². The molecule has 0 saturated heterocycles. The molecule has 0 radical (unpaired) electrons. The standard InChI is InChI=1S/C23H19N5O3/c1-14-20(21(27-31-14)16-7-5-4-6-8-16)23-26-25-22(30-23)18-10-9-17(13-19(18)29-3)28-12-11-24-15(28)2/h4-13H,1-3H3. The number of aromatic nitrogens is 5. The third-order valence-electron chi connectivity index (χ3n) is 5.07. The summed E-state index contributed by atoms with van der Waals surface area (Å²) in [5.74, 6) is 2.79. The molecule has 3 aromatic heterocycles. The van der Waals surface area contributed by atoms with Crippen LogP contribution in [0.25, 0.3) is 39.9 Å². The van der Waals surface area contributed by atoms with Crippen molar-refractivity contribution in [2.24, 2.45) is 0 Å². The Hall–Kier alpha value is -4.20. The zero-order valence-corrected chi connectivity index (χ0v) is 17.2. The van der Waals surface area contributed by atoms with Crippen LogP contribution in [-0.4, -0.2) is 32.0 Å². The maximum Gasteiger partial charge on any atom is 0.254 e. The number of hydrogen-bond donors (Lipinski definition) is 0. The SMILES string of the molecule is COc1cc(-n2ccnc2C)ccc1-c1nnc(-c2c(-c3ccccc3)noc2C)o1. The van der Waals surface area contributed by atoms with Crippen LogP contribution in [0, 0.1) is 13.8 Å². The fourth-order valence-corrected chi connectivity index (χ4v) is 3.51. The molecule has 0 atom stereocenters. The third-order valence-corrected chi connectivity index (χ3v) is 5.07. The van der Waals surface area contributed by atoms with Gasteiger partial charge < -0.3 is 18.2 Å². The zero-order valence-electron chi connectivity index (χ0n) is 17.2. The number of hydrogen-bond acceptors (Lipinski definition) is 7. The molecular weight excluding hydrogens is 394 g/mol. The van der Waals surface area contributed by atoms with Crippen molar-refractivity contribution in [2.45, 2.75) is 13.8 Å². The van der Waals surface area contributed by atoms with Crippen molar-refractivity contribution in [3.63, 3.8) is 0 Å². The topological polar surface area (TPSA) is 92.0 Å². The fourth-order valence-electron chi connectivity index (χ4n) is 3.51. The first-order valence-corrected chi connectivity index (χ1v) is 9.70. The first-order chi connectivity index (χ1) is 15.2. The second-order valence-corrected chi connectivity index (χ2v) is 6.97. The van der Waals surface area contributed by atoms with E-state index in [-0.39, 0.29) is 0 Å². The Morgan fingerprint density at radius 3 is 2.52 bits per heavy atom. The summed E-state index contributed by atoms with van der Waals surface area (Å²) in [6.45, 7) is 3.76. The van der Waals surface area contributed by atoms with E-state index in [0.717, 1.165) is 17.1 Å². The number of aryl methyl sites for hydroxylation is 2. The molecule has 0 aliphatic rings. The molecule has 5 rings (SSSR count). The number of methoxy groups -OCH3 is 1. The summed E-state index contributed by atoms with van der Waals surface area (Å²) in [5, 5.41) is 12.7. The van der Waals surface area contributed by atoms with Gasteiger partial charge in [0.25, 0.3) is 11.8 Å². The van der Waals surface area contributed by atoms with E-state index in [4.69, 9.17) is 13.7 Å². The summed E-state index contributed by atoms with van der Waals surface area (Å²) >= 11 is 0. The lowest BCUT2D eigenvalue weighted by molar-refractivity contribution is 0.399. The van der Waals surface area contributed by atoms with Crippen molar-refractivity contribution in [3.05, 3.63) is 72.5 Å². The Labute approximate surface area is 178 Å². The average molecular weight is 413 g/mol. The van der Waals surface area contributed by atoms with Gasteiger partial charge in [0.2, 0.25) is 0 Å². The van der Waals surface area contributed by atoms with Crippen LogP contribution in [0.5, 0.6) is 5.75 Å². The largest absolute Gasteiger partial charge is 0.496 e. The average Bonchev–Trinajstić information content (AvgIpc) is 3.53. The van der Waals surface area contributed by atoms with E-state index in [0.29, 0.717) is 40.1 Å². The van der Waals surface area contributed by atoms with Gasteiger partial charge in [-0.25, -0.2) is 4.98 Å². The molecule has 3 heterocycles. The molecule has 0 aliphatic heterocycles. The molecule has 0 fully saturated rings. The van der Waals surface area contributed by atoms with Gasteiger partial charge in [-0.15, -0.1) is 10.2 Å². The Morgan fingerprint density at radius 2 is 1.77 bits per heavy atom. The lowest BCUT2D eigenvalue weighted by Gasteiger charge is -2.10. The van der Waals surface area contributed by atoms with Crippen LogP contribution in [0.2, 0.25) is 0 Å². The summed E-state index contributed by atoms with van der Waals surface area (Å²) in [6.07, 6.45) is 3.65. The third kappa shape index (κ3) is 3.28. The minimum atomic E-state index is 0.337. The molecule has 0 amide bonds. The quantitative estimate of drug-likeness (QED) is 0.406. The maximum atomic E-state index is 6.03. The minimum absolute atomic E-state index is 0.337. The molecule has 0 N–H and O–H groups in total. The molecular formula is C23H19N5O3. The number of benzene rings is 2. The Morgan fingerprint density at radius 1 is 0.968 bits per heavy atom. The molecule has 154 valence electrons. The van der Waals surface area contributed by atoms with Crippen molar-refractivity contribution < 1.29 is 13.7 Å². The van der Waals surface area contributed by atoms with Crippen LogP contribution in [0.3, 0.4) is 0 Å². The minimum Gasteiger partial charge on any atom is -0.496 e. The van der Waals surface area contributed by atoms with E-state index in [1.807, 2.05) is 73.1 Å². The predicted molar refractivity (Wildman–Crippen MR) is 114 cm³/mol. The van der Waals surface area contributed by atoms with Gasteiger partial charge in [-0.3, -0.25) is 0 Å². The highest BCUT2D eigenvalue weighted by Crippen LogP contribution is 2.37. The summed E-state index contributed by atoms with van der Waals surface area (Å²) < 4.78 is 19.0. The molecule has 0 aliphatic carbocycles. The van der Waals surface area contributed by atoms with E-state index in [2.05, 4.69) is 20.3 Å². The molecule has 0 bridgehead atoms. The summed E-state index contributed by atoms with van der Waals surface area (Å²) in [6, 6.07) is 15.5.